The number of carbonyl (C=O) groups is 1. The first-order valence-corrected chi connectivity index (χ1v) is 6.31. The smallest absolute Gasteiger partial charge is 0.166 e. The highest BCUT2D eigenvalue weighted by Crippen LogP contribution is 2.24. The fraction of sp³-hybridized carbons (Fsp3) is 0.643. The molecule has 0 aliphatic carbocycles. The van der Waals surface area contributed by atoms with Crippen molar-refractivity contribution in [2.24, 2.45) is 0 Å². The molecule has 0 bridgehead atoms. The lowest BCUT2D eigenvalue weighted by Crippen LogP contribution is -2.09. The van der Waals surface area contributed by atoms with Gasteiger partial charge >= 0.3 is 0 Å². The maximum Gasteiger partial charge on any atom is 0.166 e. The summed E-state index contributed by atoms with van der Waals surface area (Å²) >= 11 is 0. The molecule has 17 heavy (non-hydrogen) atoms. The van der Waals surface area contributed by atoms with Crippen LogP contribution in [-0.4, -0.2) is 18.5 Å². The summed E-state index contributed by atoms with van der Waals surface area (Å²) in [5.41, 5.74) is 1.76. The molecule has 1 unspecified atom stereocenters. The first kappa shape index (κ1) is 12.4. The lowest BCUT2D eigenvalue weighted by Gasteiger charge is -2.08. The Balaban J connectivity index is 1.99. The molecule has 0 saturated carbocycles. The van der Waals surface area contributed by atoms with Crippen molar-refractivity contribution >= 4 is 5.78 Å². The van der Waals surface area contributed by atoms with Gasteiger partial charge < -0.3 is 9.15 Å². The number of furan rings is 1. The van der Waals surface area contributed by atoms with E-state index < -0.39 is 0 Å². The Morgan fingerprint density at radius 3 is 2.59 bits per heavy atom. The van der Waals surface area contributed by atoms with Crippen molar-refractivity contribution in [2.75, 3.05) is 6.61 Å². The highest BCUT2D eigenvalue weighted by Gasteiger charge is 2.21. The molecule has 2 heterocycles. The van der Waals surface area contributed by atoms with E-state index >= 15 is 0 Å². The standard InChI is InChI=1S/C14H20O3/c1-9-10(2)17-11(3)14(9)13(15)7-6-12-5-4-8-16-12/h12H,4-8H2,1-3H3. The van der Waals surface area contributed by atoms with Gasteiger partial charge in [-0.15, -0.1) is 0 Å². The largest absolute Gasteiger partial charge is 0.466 e. The molecule has 0 aromatic carbocycles. The van der Waals surface area contributed by atoms with E-state index in [0.717, 1.165) is 48.5 Å². The molecule has 94 valence electrons. The zero-order chi connectivity index (χ0) is 12.4. The molecule has 1 saturated heterocycles. The molecule has 1 fully saturated rings. The van der Waals surface area contributed by atoms with Gasteiger partial charge in [-0.1, -0.05) is 0 Å². The number of carbonyl (C=O) groups excluding carboxylic acids is 1. The molecule has 0 amide bonds. The van der Waals surface area contributed by atoms with Crippen LogP contribution < -0.4 is 0 Å². The lowest BCUT2D eigenvalue weighted by atomic mass is 10.0. The molecule has 1 atom stereocenters. The number of rotatable bonds is 4. The zero-order valence-electron chi connectivity index (χ0n) is 10.8. The Bertz CT molecular complexity index is 411. The van der Waals surface area contributed by atoms with Gasteiger partial charge in [-0.2, -0.15) is 0 Å². The van der Waals surface area contributed by atoms with Gasteiger partial charge in [0.1, 0.15) is 11.5 Å². The van der Waals surface area contributed by atoms with Gasteiger partial charge in [0, 0.05) is 18.6 Å². The molecule has 3 nitrogen and oxygen atoms in total. The Morgan fingerprint density at radius 1 is 1.29 bits per heavy atom. The van der Waals surface area contributed by atoms with Crippen LogP contribution in [0.3, 0.4) is 0 Å². The predicted octanol–water partition coefficient (Wildman–Crippen LogP) is 3.35. The van der Waals surface area contributed by atoms with Crippen molar-refractivity contribution in [1.82, 2.24) is 0 Å². The number of ketones is 1. The summed E-state index contributed by atoms with van der Waals surface area (Å²) in [5, 5.41) is 0. The zero-order valence-corrected chi connectivity index (χ0v) is 10.8. The molecule has 1 aliphatic rings. The van der Waals surface area contributed by atoms with Crippen molar-refractivity contribution in [3.63, 3.8) is 0 Å². The van der Waals surface area contributed by atoms with E-state index in [0.29, 0.717) is 6.42 Å². The van der Waals surface area contributed by atoms with Crippen LogP contribution in [0.5, 0.6) is 0 Å². The monoisotopic (exact) mass is 236 g/mol. The minimum absolute atomic E-state index is 0.187. The van der Waals surface area contributed by atoms with E-state index in [-0.39, 0.29) is 11.9 Å². The van der Waals surface area contributed by atoms with Gasteiger partial charge in [0.15, 0.2) is 5.78 Å². The third kappa shape index (κ3) is 2.60. The number of hydrogen-bond acceptors (Lipinski definition) is 3. The molecule has 0 radical (unpaired) electrons. The van der Waals surface area contributed by atoms with Crippen molar-refractivity contribution in [2.45, 2.75) is 52.6 Å². The van der Waals surface area contributed by atoms with Gasteiger partial charge in [0.2, 0.25) is 0 Å². The third-order valence-corrected chi connectivity index (χ3v) is 3.56. The van der Waals surface area contributed by atoms with Crippen molar-refractivity contribution < 1.29 is 13.9 Å². The van der Waals surface area contributed by atoms with Crippen LogP contribution in [-0.2, 0) is 4.74 Å². The lowest BCUT2D eigenvalue weighted by molar-refractivity contribution is 0.0858. The van der Waals surface area contributed by atoms with Crippen LogP contribution in [0.25, 0.3) is 0 Å². The second-order valence-electron chi connectivity index (χ2n) is 4.81. The molecule has 1 aromatic heterocycles. The highest BCUT2D eigenvalue weighted by molar-refractivity contribution is 5.98. The fourth-order valence-electron chi connectivity index (χ4n) is 2.49. The SMILES string of the molecule is Cc1oc(C)c(C(=O)CCC2CCCO2)c1C. The van der Waals surface area contributed by atoms with E-state index in [2.05, 4.69) is 0 Å². The normalized spacial score (nSPS) is 19.8. The van der Waals surface area contributed by atoms with Gasteiger partial charge in [0.05, 0.1) is 11.7 Å². The maximum absolute atomic E-state index is 12.1. The van der Waals surface area contributed by atoms with Gasteiger partial charge in [-0.3, -0.25) is 4.79 Å². The third-order valence-electron chi connectivity index (χ3n) is 3.56. The van der Waals surface area contributed by atoms with Crippen LogP contribution >= 0.6 is 0 Å². The maximum atomic E-state index is 12.1. The highest BCUT2D eigenvalue weighted by atomic mass is 16.5. The summed E-state index contributed by atoms with van der Waals surface area (Å²) in [6.07, 6.45) is 3.90. The van der Waals surface area contributed by atoms with E-state index in [1.165, 1.54) is 0 Å². The van der Waals surface area contributed by atoms with Crippen LogP contribution in [0.15, 0.2) is 4.42 Å². The number of aryl methyl sites for hydroxylation is 2. The summed E-state index contributed by atoms with van der Waals surface area (Å²) in [6.45, 7) is 6.56. The second-order valence-corrected chi connectivity index (χ2v) is 4.81. The van der Waals surface area contributed by atoms with Gasteiger partial charge in [-0.25, -0.2) is 0 Å². The van der Waals surface area contributed by atoms with Crippen molar-refractivity contribution in [3.05, 3.63) is 22.6 Å². The fourth-order valence-corrected chi connectivity index (χ4v) is 2.49. The van der Waals surface area contributed by atoms with Crippen LogP contribution in [0.4, 0.5) is 0 Å². The van der Waals surface area contributed by atoms with Crippen LogP contribution in [0, 0.1) is 20.8 Å². The van der Waals surface area contributed by atoms with Crippen LogP contribution in [0.1, 0.15) is 53.1 Å². The first-order chi connectivity index (χ1) is 8.09. The van der Waals surface area contributed by atoms with Crippen LogP contribution in [0.2, 0.25) is 0 Å². The Kier molecular flexibility index (Phi) is 3.67. The summed E-state index contributed by atoms with van der Waals surface area (Å²) in [4.78, 5) is 12.1. The molecule has 2 rings (SSSR count). The molecule has 1 aromatic rings. The summed E-state index contributed by atoms with van der Waals surface area (Å²) in [6, 6.07) is 0. The van der Waals surface area contributed by atoms with Gasteiger partial charge in [-0.05, 0) is 40.0 Å². The summed E-state index contributed by atoms with van der Waals surface area (Å²) < 4.78 is 11.0. The van der Waals surface area contributed by atoms with E-state index in [1.54, 1.807) is 0 Å². The van der Waals surface area contributed by atoms with E-state index in [4.69, 9.17) is 9.15 Å². The van der Waals surface area contributed by atoms with Gasteiger partial charge in [0.25, 0.3) is 0 Å². The average molecular weight is 236 g/mol. The molecule has 3 heteroatoms. The average Bonchev–Trinajstić information content (AvgIpc) is 2.86. The molecule has 1 aliphatic heterocycles. The van der Waals surface area contributed by atoms with Crippen molar-refractivity contribution in [3.8, 4) is 0 Å². The molecule has 0 spiro atoms. The van der Waals surface area contributed by atoms with E-state index in [1.807, 2.05) is 20.8 Å². The molecule has 0 N–H and O–H groups in total. The van der Waals surface area contributed by atoms with Crippen molar-refractivity contribution in [1.29, 1.82) is 0 Å². The topological polar surface area (TPSA) is 39.4 Å². The summed E-state index contributed by atoms with van der Waals surface area (Å²) in [7, 11) is 0. The predicted molar refractivity (Wildman–Crippen MR) is 65.5 cm³/mol. The minimum atomic E-state index is 0.187. The number of hydrogen-bond donors (Lipinski definition) is 0. The molecular weight excluding hydrogens is 216 g/mol. The summed E-state index contributed by atoms with van der Waals surface area (Å²) in [5.74, 6) is 1.78. The minimum Gasteiger partial charge on any atom is -0.466 e. The Hall–Kier alpha value is -1.09. The first-order valence-electron chi connectivity index (χ1n) is 6.31. The number of ether oxygens (including phenoxy) is 1. The Labute approximate surface area is 102 Å². The Morgan fingerprint density at radius 2 is 2.06 bits per heavy atom. The van der Waals surface area contributed by atoms with E-state index in [9.17, 15) is 4.79 Å². The quantitative estimate of drug-likeness (QED) is 0.753. The number of Topliss-reactive ketones (excluding diaryl/α,β-unsaturated/α-hetero) is 1. The molecular formula is C14H20O3. The second kappa shape index (κ2) is 5.05.